The van der Waals surface area contributed by atoms with Gasteiger partial charge in [-0.3, -0.25) is 0 Å². The Kier molecular flexibility index (Phi) is 5.63. The van der Waals surface area contributed by atoms with E-state index in [0.29, 0.717) is 6.54 Å². The molecule has 5 heteroatoms. The Bertz CT molecular complexity index is 623. The maximum absolute atomic E-state index is 12.3. The number of urea groups is 1. The molecule has 2 atom stereocenters. The second-order valence-corrected chi connectivity index (χ2v) is 7.18. The van der Waals surface area contributed by atoms with Crippen LogP contribution in [0.3, 0.4) is 0 Å². The number of rotatable bonds is 6. The van der Waals surface area contributed by atoms with Gasteiger partial charge in [-0.05, 0) is 25.3 Å². The van der Waals surface area contributed by atoms with E-state index in [1.807, 2.05) is 30.4 Å². The lowest BCUT2D eigenvalue weighted by Crippen LogP contribution is -2.46. The van der Waals surface area contributed by atoms with Crippen LogP contribution in [0.1, 0.15) is 37.7 Å². The lowest BCUT2D eigenvalue weighted by atomic mass is 9.78. The number of aliphatic hydroxyl groups is 1. The highest BCUT2D eigenvalue weighted by atomic mass is 16.5. The van der Waals surface area contributed by atoms with Gasteiger partial charge >= 0.3 is 6.03 Å². The fraction of sp³-hybridized carbons (Fsp3) is 0.550. The van der Waals surface area contributed by atoms with E-state index in [0.717, 1.165) is 25.0 Å². The van der Waals surface area contributed by atoms with Gasteiger partial charge in [-0.1, -0.05) is 43.2 Å². The molecule has 0 saturated heterocycles. The van der Waals surface area contributed by atoms with Crippen molar-refractivity contribution >= 4 is 6.03 Å². The summed E-state index contributed by atoms with van der Waals surface area (Å²) in [5.41, 5.74) is 1.14. The van der Waals surface area contributed by atoms with Crippen LogP contribution in [-0.4, -0.2) is 37.4 Å². The molecule has 2 aliphatic carbocycles. The smallest absolute Gasteiger partial charge is 0.315 e. The average Bonchev–Trinajstić information content (AvgIpc) is 3.30. The SMILES string of the molecule is COc1ccccc1C1(CNC(=O)N[C@@H]2C=C[C@H](CO)C2)CCCC1. The number of hydrogen-bond acceptors (Lipinski definition) is 3. The molecule has 1 aromatic rings. The Hall–Kier alpha value is -2.01. The topological polar surface area (TPSA) is 70.6 Å². The van der Waals surface area contributed by atoms with E-state index in [1.165, 1.54) is 18.4 Å². The van der Waals surface area contributed by atoms with E-state index in [4.69, 9.17) is 4.74 Å². The summed E-state index contributed by atoms with van der Waals surface area (Å²) in [6, 6.07) is 7.99. The molecule has 1 saturated carbocycles. The number of amides is 2. The van der Waals surface area contributed by atoms with Crippen molar-refractivity contribution in [3.63, 3.8) is 0 Å². The lowest BCUT2D eigenvalue weighted by Gasteiger charge is -2.31. The summed E-state index contributed by atoms with van der Waals surface area (Å²) in [7, 11) is 1.70. The zero-order valence-corrected chi connectivity index (χ0v) is 14.8. The number of carbonyl (C=O) groups excluding carboxylic acids is 1. The fourth-order valence-corrected chi connectivity index (χ4v) is 4.16. The third-order valence-corrected chi connectivity index (χ3v) is 5.55. The average molecular weight is 344 g/mol. The fourth-order valence-electron chi connectivity index (χ4n) is 4.16. The summed E-state index contributed by atoms with van der Waals surface area (Å²) in [6.07, 6.45) is 9.16. The summed E-state index contributed by atoms with van der Waals surface area (Å²) in [4.78, 5) is 12.3. The van der Waals surface area contributed by atoms with Gasteiger partial charge in [0.25, 0.3) is 0 Å². The van der Waals surface area contributed by atoms with E-state index in [2.05, 4.69) is 16.7 Å². The number of carbonyl (C=O) groups is 1. The summed E-state index contributed by atoms with van der Waals surface area (Å²) in [6.45, 7) is 0.742. The first kappa shape index (κ1) is 17.8. The van der Waals surface area contributed by atoms with E-state index in [9.17, 15) is 9.90 Å². The first-order chi connectivity index (χ1) is 12.2. The van der Waals surface area contributed by atoms with Crippen molar-refractivity contribution < 1.29 is 14.6 Å². The zero-order valence-electron chi connectivity index (χ0n) is 14.8. The van der Waals surface area contributed by atoms with Crippen molar-refractivity contribution in [3.8, 4) is 5.75 Å². The molecule has 25 heavy (non-hydrogen) atoms. The van der Waals surface area contributed by atoms with Gasteiger partial charge < -0.3 is 20.5 Å². The Morgan fingerprint density at radius 3 is 2.72 bits per heavy atom. The van der Waals surface area contributed by atoms with Crippen molar-refractivity contribution in [2.24, 2.45) is 5.92 Å². The van der Waals surface area contributed by atoms with Gasteiger partial charge in [0.1, 0.15) is 5.75 Å². The van der Waals surface area contributed by atoms with E-state index >= 15 is 0 Å². The molecule has 1 fully saturated rings. The van der Waals surface area contributed by atoms with E-state index in [-0.39, 0.29) is 30.0 Å². The van der Waals surface area contributed by atoms with Crippen LogP contribution in [0.25, 0.3) is 0 Å². The van der Waals surface area contributed by atoms with Crippen LogP contribution in [0.2, 0.25) is 0 Å². The molecule has 0 unspecified atom stereocenters. The maximum Gasteiger partial charge on any atom is 0.315 e. The van der Waals surface area contributed by atoms with Gasteiger partial charge in [-0.25, -0.2) is 4.79 Å². The number of methoxy groups -OCH3 is 1. The van der Waals surface area contributed by atoms with Gasteiger partial charge in [0.15, 0.2) is 0 Å². The van der Waals surface area contributed by atoms with Gasteiger partial charge in [0, 0.05) is 36.1 Å². The minimum absolute atomic E-state index is 0.00272. The van der Waals surface area contributed by atoms with E-state index in [1.54, 1.807) is 7.11 Å². The van der Waals surface area contributed by atoms with Crippen molar-refractivity contribution in [3.05, 3.63) is 42.0 Å². The van der Waals surface area contributed by atoms with Crippen molar-refractivity contribution in [1.82, 2.24) is 10.6 Å². The summed E-state index contributed by atoms with van der Waals surface area (Å²) < 4.78 is 5.56. The molecule has 5 nitrogen and oxygen atoms in total. The summed E-state index contributed by atoms with van der Waals surface area (Å²) >= 11 is 0. The monoisotopic (exact) mass is 344 g/mol. The number of hydrogen-bond donors (Lipinski definition) is 3. The molecule has 136 valence electrons. The maximum atomic E-state index is 12.3. The van der Waals surface area contributed by atoms with Crippen LogP contribution < -0.4 is 15.4 Å². The molecule has 0 heterocycles. The number of nitrogens with one attached hydrogen (secondary N) is 2. The minimum Gasteiger partial charge on any atom is -0.496 e. The quantitative estimate of drug-likeness (QED) is 0.695. The standard InChI is InChI=1S/C20H28N2O3/c1-25-18-7-3-2-6-17(18)20(10-4-5-11-20)14-21-19(24)22-16-9-8-15(12-16)13-23/h2-3,6-9,15-16,23H,4-5,10-14H2,1H3,(H2,21,22,24)/t15-,16+/m0/s1. The van der Waals surface area contributed by atoms with Crippen molar-refractivity contribution in [1.29, 1.82) is 0 Å². The highest BCUT2D eigenvalue weighted by Crippen LogP contribution is 2.44. The second kappa shape index (κ2) is 7.91. The third-order valence-electron chi connectivity index (χ3n) is 5.55. The predicted molar refractivity (Wildman–Crippen MR) is 97.8 cm³/mol. The normalized spacial score (nSPS) is 24.2. The van der Waals surface area contributed by atoms with E-state index < -0.39 is 0 Å². The lowest BCUT2D eigenvalue weighted by molar-refractivity contribution is 0.228. The Balaban J connectivity index is 1.63. The Morgan fingerprint density at radius 1 is 1.28 bits per heavy atom. The number of aliphatic hydroxyl groups excluding tert-OH is 1. The Morgan fingerprint density at radius 2 is 2.04 bits per heavy atom. The molecular weight excluding hydrogens is 316 g/mol. The highest BCUT2D eigenvalue weighted by Gasteiger charge is 2.38. The first-order valence-electron chi connectivity index (χ1n) is 9.14. The van der Waals surface area contributed by atoms with Crippen LogP contribution >= 0.6 is 0 Å². The van der Waals surface area contributed by atoms with Crippen LogP contribution in [0.5, 0.6) is 5.75 Å². The third kappa shape index (κ3) is 3.98. The van der Waals surface area contributed by atoms with Gasteiger partial charge in [0.05, 0.1) is 7.11 Å². The highest BCUT2D eigenvalue weighted by molar-refractivity contribution is 5.74. The molecule has 2 amide bonds. The van der Waals surface area contributed by atoms with Crippen LogP contribution in [0, 0.1) is 5.92 Å². The molecule has 0 radical (unpaired) electrons. The van der Waals surface area contributed by atoms with Gasteiger partial charge in [-0.15, -0.1) is 0 Å². The zero-order chi connectivity index (χ0) is 17.7. The van der Waals surface area contributed by atoms with Crippen LogP contribution in [-0.2, 0) is 5.41 Å². The molecule has 3 N–H and O–H groups in total. The second-order valence-electron chi connectivity index (χ2n) is 7.18. The molecule has 3 rings (SSSR count). The molecule has 0 spiro atoms. The number of ether oxygens (including phenoxy) is 1. The largest absolute Gasteiger partial charge is 0.496 e. The minimum atomic E-state index is -0.144. The van der Waals surface area contributed by atoms with Gasteiger partial charge in [-0.2, -0.15) is 0 Å². The van der Waals surface area contributed by atoms with Crippen molar-refractivity contribution in [2.75, 3.05) is 20.3 Å². The van der Waals surface area contributed by atoms with Crippen LogP contribution in [0.4, 0.5) is 4.79 Å². The van der Waals surface area contributed by atoms with Crippen molar-refractivity contribution in [2.45, 2.75) is 43.6 Å². The van der Waals surface area contributed by atoms with Gasteiger partial charge in [0.2, 0.25) is 0 Å². The molecular formula is C20H28N2O3. The van der Waals surface area contributed by atoms with Crippen LogP contribution in [0.15, 0.2) is 36.4 Å². The predicted octanol–water partition coefficient (Wildman–Crippen LogP) is 2.74. The number of benzene rings is 1. The molecule has 2 aliphatic rings. The molecule has 0 bridgehead atoms. The number of para-hydroxylation sites is 1. The first-order valence-corrected chi connectivity index (χ1v) is 9.14. The molecule has 0 aliphatic heterocycles. The molecule has 0 aromatic heterocycles. The summed E-state index contributed by atoms with van der Waals surface area (Å²) in [5.74, 6) is 1.05. The Labute approximate surface area is 149 Å². The molecule has 1 aromatic carbocycles. The summed E-state index contributed by atoms with van der Waals surface area (Å²) in [5, 5.41) is 15.2.